The maximum atomic E-state index is 3.85. The summed E-state index contributed by atoms with van der Waals surface area (Å²) >= 11 is 0. The molecule has 3 heteroatoms. The molecule has 0 bridgehead atoms. The molecule has 1 aliphatic heterocycles. The smallest absolute Gasteiger partial charge is 0.202 e. The van der Waals surface area contributed by atoms with Crippen LogP contribution in [-0.4, -0.2) is 19.5 Å². The summed E-state index contributed by atoms with van der Waals surface area (Å²) in [5.74, 6) is 0. The molecule has 1 aliphatic rings. The van der Waals surface area contributed by atoms with Gasteiger partial charge in [0.15, 0.2) is 0 Å². The molecule has 0 aromatic carbocycles. The lowest BCUT2D eigenvalue weighted by Gasteiger charge is -2.48. The van der Waals surface area contributed by atoms with Crippen molar-refractivity contribution in [3.05, 3.63) is 0 Å². The van der Waals surface area contributed by atoms with Crippen LogP contribution in [-0.2, 0) is 0 Å². The van der Waals surface area contributed by atoms with Crippen molar-refractivity contribution in [1.82, 2.24) is 9.96 Å². The molecule has 2 N–H and O–H groups in total. The van der Waals surface area contributed by atoms with E-state index in [2.05, 4.69) is 51.5 Å². The third-order valence-electron chi connectivity index (χ3n) is 2.44. The van der Waals surface area contributed by atoms with Crippen molar-refractivity contribution in [3.63, 3.8) is 0 Å². The summed E-state index contributed by atoms with van der Waals surface area (Å²) in [5, 5.41) is 0. The van der Waals surface area contributed by atoms with Crippen molar-refractivity contribution < 1.29 is 0 Å². The standard InChI is InChI=1S/C11H26N2Si/c1-10(2,3)12-14(8-7-9-14)13-11(4,5)6/h12-13H,7-9H2,1-6H3. The molecular weight excluding hydrogens is 188 g/mol. The lowest BCUT2D eigenvalue weighted by Crippen LogP contribution is -2.74. The molecule has 0 spiro atoms. The summed E-state index contributed by atoms with van der Waals surface area (Å²) in [6.45, 7) is 13.6. The molecule has 0 aliphatic carbocycles. The topological polar surface area (TPSA) is 24.1 Å². The van der Waals surface area contributed by atoms with E-state index in [9.17, 15) is 0 Å². The van der Waals surface area contributed by atoms with Gasteiger partial charge in [-0.3, -0.25) is 0 Å². The number of rotatable bonds is 2. The molecular formula is C11H26N2Si. The van der Waals surface area contributed by atoms with Crippen LogP contribution >= 0.6 is 0 Å². The average Bonchev–Trinajstić information content (AvgIpc) is 1.75. The Morgan fingerprint density at radius 1 is 0.786 bits per heavy atom. The lowest BCUT2D eigenvalue weighted by molar-refractivity contribution is 0.444. The summed E-state index contributed by atoms with van der Waals surface area (Å²) in [6.07, 6.45) is 1.40. The van der Waals surface area contributed by atoms with E-state index in [-0.39, 0.29) is 11.1 Å². The zero-order valence-corrected chi connectivity index (χ0v) is 11.6. The Morgan fingerprint density at radius 3 is 1.29 bits per heavy atom. The highest BCUT2D eigenvalue weighted by atomic mass is 28.3. The first-order valence-electron chi connectivity index (χ1n) is 5.71. The van der Waals surface area contributed by atoms with Crippen LogP contribution in [0.15, 0.2) is 0 Å². The van der Waals surface area contributed by atoms with E-state index in [1.165, 1.54) is 18.5 Å². The van der Waals surface area contributed by atoms with Crippen LogP contribution in [0.5, 0.6) is 0 Å². The van der Waals surface area contributed by atoms with E-state index in [1.54, 1.807) is 0 Å². The second-order valence-corrected chi connectivity index (χ2v) is 10.3. The molecule has 1 rings (SSSR count). The fourth-order valence-electron chi connectivity index (χ4n) is 2.25. The third kappa shape index (κ3) is 3.71. The maximum absolute atomic E-state index is 3.85. The molecule has 1 fully saturated rings. The molecule has 0 aromatic heterocycles. The summed E-state index contributed by atoms with van der Waals surface area (Å²) < 4.78 is 0. The highest BCUT2D eigenvalue weighted by molar-refractivity contribution is 6.77. The first-order valence-corrected chi connectivity index (χ1v) is 8.12. The van der Waals surface area contributed by atoms with Crippen molar-refractivity contribution in [2.75, 3.05) is 0 Å². The molecule has 2 nitrogen and oxygen atoms in total. The van der Waals surface area contributed by atoms with Gasteiger partial charge in [0.25, 0.3) is 0 Å². The largest absolute Gasteiger partial charge is 0.321 e. The van der Waals surface area contributed by atoms with Crippen molar-refractivity contribution >= 4 is 8.40 Å². The van der Waals surface area contributed by atoms with Gasteiger partial charge in [0.05, 0.1) is 0 Å². The van der Waals surface area contributed by atoms with Gasteiger partial charge >= 0.3 is 0 Å². The predicted molar refractivity (Wildman–Crippen MR) is 65.8 cm³/mol. The van der Waals surface area contributed by atoms with Gasteiger partial charge in [-0.2, -0.15) is 0 Å². The Bertz CT molecular complexity index is 178. The predicted octanol–water partition coefficient (Wildman–Crippen LogP) is 2.61. The average molecular weight is 214 g/mol. The van der Waals surface area contributed by atoms with Gasteiger partial charge in [-0.05, 0) is 53.6 Å². The van der Waals surface area contributed by atoms with Crippen LogP contribution in [0, 0.1) is 0 Å². The van der Waals surface area contributed by atoms with Crippen LogP contribution < -0.4 is 9.96 Å². The first kappa shape index (κ1) is 12.2. The van der Waals surface area contributed by atoms with Gasteiger partial charge in [-0.15, -0.1) is 0 Å². The van der Waals surface area contributed by atoms with E-state index >= 15 is 0 Å². The SMILES string of the molecule is CC(C)(C)N[Si]1(NC(C)(C)C)CCC1. The molecule has 1 heterocycles. The van der Waals surface area contributed by atoms with Crippen LogP contribution in [0.3, 0.4) is 0 Å². The Morgan fingerprint density at radius 2 is 1.14 bits per heavy atom. The van der Waals surface area contributed by atoms with E-state index < -0.39 is 8.40 Å². The van der Waals surface area contributed by atoms with E-state index in [4.69, 9.17) is 0 Å². The zero-order chi connectivity index (χ0) is 11.0. The van der Waals surface area contributed by atoms with Crippen LogP contribution in [0.1, 0.15) is 48.0 Å². The summed E-state index contributed by atoms with van der Waals surface area (Å²) in [5.41, 5.74) is 0.510. The maximum Gasteiger partial charge on any atom is 0.202 e. The Hall–Kier alpha value is 0.137. The minimum atomic E-state index is -1.31. The fourth-order valence-corrected chi connectivity index (χ4v) is 6.74. The highest BCUT2D eigenvalue weighted by Crippen LogP contribution is 2.31. The Labute approximate surface area is 90.0 Å². The van der Waals surface area contributed by atoms with E-state index in [1.807, 2.05) is 0 Å². The van der Waals surface area contributed by atoms with Gasteiger partial charge in [0, 0.05) is 11.1 Å². The van der Waals surface area contributed by atoms with Crippen LogP contribution in [0.4, 0.5) is 0 Å². The summed E-state index contributed by atoms with van der Waals surface area (Å²) in [7, 11) is -1.31. The Kier molecular flexibility index (Phi) is 3.15. The quantitative estimate of drug-likeness (QED) is 0.691. The van der Waals surface area contributed by atoms with Crippen molar-refractivity contribution in [3.8, 4) is 0 Å². The van der Waals surface area contributed by atoms with Crippen LogP contribution in [0.25, 0.3) is 0 Å². The van der Waals surface area contributed by atoms with E-state index in [0.29, 0.717) is 0 Å². The van der Waals surface area contributed by atoms with Gasteiger partial charge in [0.1, 0.15) is 0 Å². The molecule has 0 atom stereocenters. The molecule has 0 aromatic rings. The molecule has 0 saturated carbocycles. The molecule has 0 unspecified atom stereocenters. The zero-order valence-electron chi connectivity index (χ0n) is 10.6. The van der Waals surface area contributed by atoms with Crippen molar-refractivity contribution in [2.45, 2.75) is 71.1 Å². The van der Waals surface area contributed by atoms with Gasteiger partial charge in [-0.1, -0.05) is 6.42 Å². The molecule has 0 amide bonds. The number of nitrogens with one attached hydrogen (secondary N) is 2. The minimum absolute atomic E-state index is 0.255. The number of hydrogen-bond donors (Lipinski definition) is 2. The van der Waals surface area contributed by atoms with E-state index in [0.717, 1.165) is 0 Å². The minimum Gasteiger partial charge on any atom is -0.321 e. The number of hydrogen-bond acceptors (Lipinski definition) is 2. The lowest BCUT2D eigenvalue weighted by atomic mass is 10.1. The Balaban J connectivity index is 2.59. The summed E-state index contributed by atoms with van der Waals surface area (Å²) in [6, 6.07) is 2.78. The van der Waals surface area contributed by atoms with Gasteiger partial charge < -0.3 is 9.96 Å². The van der Waals surface area contributed by atoms with Gasteiger partial charge in [0.2, 0.25) is 8.40 Å². The normalized spacial score (nSPS) is 21.9. The molecule has 84 valence electrons. The van der Waals surface area contributed by atoms with Crippen LogP contribution in [0.2, 0.25) is 12.1 Å². The third-order valence-corrected chi connectivity index (χ3v) is 7.31. The fraction of sp³-hybridized carbons (Fsp3) is 1.00. The molecule has 1 saturated heterocycles. The molecule has 14 heavy (non-hydrogen) atoms. The van der Waals surface area contributed by atoms with Crippen molar-refractivity contribution in [2.24, 2.45) is 0 Å². The monoisotopic (exact) mass is 214 g/mol. The second-order valence-electron chi connectivity index (χ2n) is 6.69. The second kappa shape index (κ2) is 3.61. The van der Waals surface area contributed by atoms with Crippen molar-refractivity contribution in [1.29, 1.82) is 0 Å². The first-order chi connectivity index (χ1) is 6.12. The molecule has 0 radical (unpaired) electrons. The summed E-state index contributed by atoms with van der Waals surface area (Å²) in [4.78, 5) is 7.71. The van der Waals surface area contributed by atoms with Gasteiger partial charge in [-0.25, -0.2) is 0 Å². The highest BCUT2D eigenvalue weighted by Gasteiger charge is 2.44.